The Morgan fingerprint density at radius 1 is 1.11 bits per heavy atom. The normalized spacial score (nSPS) is 13.7. The molecular formula is C20H22N2O4Si. The van der Waals surface area contributed by atoms with Gasteiger partial charge in [0, 0.05) is 17.7 Å². The number of nitrogens with zero attached hydrogens (tertiary/aromatic N) is 2. The Hall–Kier alpha value is -2.95. The van der Waals surface area contributed by atoms with Gasteiger partial charge in [0.15, 0.2) is 13.9 Å². The van der Waals surface area contributed by atoms with Crippen LogP contribution >= 0.6 is 0 Å². The van der Waals surface area contributed by atoms with Crippen LogP contribution in [-0.4, -0.2) is 20.4 Å². The molecule has 2 rings (SSSR count). The maximum atomic E-state index is 10.9. The van der Waals surface area contributed by atoms with Gasteiger partial charge in [-0.1, -0.05) is 18.2 Å². The van der Waals surface area contributed by atoms with E-state index in [1.54, 1.807) is 25.3 Å². The number of nitro groups is 1. The molecule has 0 radical (unpaired) electrons. The summed E-state index contributed by atoms with van der Waals surface area (Å²) in [6.07, 6.45) is 3.51. The van der Waals surface area contributed by atoms with Crippen LogP contribution in [0.1, 0.15) is 11.1 Å². The van der Waals surface area contributed by atoms with Gasteiger partial charge >= 0.3 is 0 Å². The van der Waals surface area contributed by atoms with Crippen molar-refractivity contribution in [1.82, 2.24) is 0 Å². The smallest absolute Gasteiger partial charge is 0.269 e. The molecule has 27 heavy (non-hydrogen) atoms. The highest BCUT2D eigenvalue weighted by Gasteiger charge is 2.36. The first-order valence-electron chi connectivity index (χ1n) is 8.39. The molecule has 2 aromatic rings. The lowest BCUT2D eigenvalue weighted by atomic mass is 9.94. The summed E-state index contributed by atoms with van der Waals surface area (Å²) in [6.45, 7) is 5.98. The number of non-ortho nitro benzene ring substituents is 1. The van der Waals surface area contributed by atoms with E-state index in [-0.39, 0.29) is 5.69 Å². The van der Waals surface area contributed by atoms with Crippen molar-refractivity contribution in [3.05, 3.63) is 75.8 Å². The third-order valence-electron chi connectivity index (χ3n) is 3.77. The minimum absolute atomic E-state index is 0.0299. The van der Waals surface area contributed by atoms with Crippen molar-refractivity contribution in [3.63, 3.8) is 0 Å². The molecular weight excluding hydrogens is 360 g/mol. The van der Waals surface area contributed by atoms with Crippen LogP contribution in [0.4, 0.5) is 5.69 Å². The fraction of sp³-hybridized carbons (Fsp3) is 0.250. The highest BCUT2D eigenvalue weighted by molar-refractivity contribution is 6.69. The van der Waals surface area contributed by atoms with Crippen LogP contribution in [0.3, 0.4) is 0 Å². The molecule has 0 saturated heterocycles. The number of benzene rings is 2. The summed E-state index contributed by atoms with van der Waals surface area (Å²) < 4.78 is 11.4. The number of rotatable bonds is 7. The van der Waals surface area contributed by atoms with Crippen molar-refractivity contribution in [3.8, 4) is 11.8 Å². The van der Waals surface area contributed by atoms with E-state index in [9.17, 15) is 15.4 Å². The Labute approximate surface area is 159 Å². The lowest BCUT2D eigenvalue weighted by Crippen LogP contribution is -2.38. The zero-order valence-corrected chi connectivity index (χ0v) is 16.8. The summed E-state index contributed by atoms with van der Waals surface area (Å²) >= 11 is 0. The number of hydrogen-bond donors (Lipinski definition) is 0. The molecule has 0 bridgehead atoms. The standard InChI is InChI=1S/C20H22N2O4Si/c1-25-19-11-5-16(6-12-19)13-14-20(15-21,26-27(2,3)4)17-7-9-18(10-8-17)22(23)24/h5-14H,1-4H3/b14-13+. The van der Waals surface area contributed by atoms with Gasteiger partial charge in [-0.05, 0) is 55.5 Å². The van der Waals surface area contributed by atoms with Crippen molar-refractivity contribution >= 4 is 20.1 Å². The second-order valence-electron chi connectivity index (χ2n) is 6.97. The predicted octanol–water partition coefficient (Wildman–Crippen LogP) is 4.89. The predicted molar refractivity (Wildman–Crippen MR) is 107 cm³/mol. The molecule has 0 fully saturated rings. The van der Waals surface area contributed by atoms with Crippen LogP contribution in [0.2, 0.25) is 19.6 Å². The zero-order valence-electron chi connectivity index (χ0n) is 15.8. The quantitative estimate of drug-likeness (QED) is 0.387. The second kappa shape index (κ2) is 8.16. The van der Waals surface area contributed by atoms with Gasteiger partial charge in [0.05, 0.1) is 12.0 Å². The van der Waals surface area contributed by atoms with Crippen molar-refractivity contribution in [2.75, 3.05) is 7.11 Å². The van der Waals surface area contributed by atoms with Crippen molar-refractivity contribution in [1.29, 1.82) is 5.26 Å². The summed E-state index contributed by atoms with van der Waals surface area (Å²) in [5.74, 6) is 0.743. The van der Waals surface area contributed by atoms with E-state index < -0.39 is 18.8 Å². The molecule has 0 spiro atoms. The monoisotopic (exact) mass is 382 g/mol. The van der Waals surface area contributed by atoms with Gasteiger partial charge in [0.25, 0.3) is 5.69 Å². The van der Waals surface area contributed by atoms with E-state index in [1.807, 2.05) is 50.0 Å². The van der Waals surface area contributed by atoms with E-state index in [4.69, 9.17) is 9.16 Å². The largest absolute Gasteiger partial charge is 0.497 e. The van der Waals surface area contributed by atoms with Gasteiger partial charge in [-0.3, -0.25) is 10.1 Å². The van der Waals surface area contributed by atoms with Crippen LogP contribution in [0.25, 0.3) is 6.08 Å². The third-order valence-corrected chi connectivity index (χ3v) is 4.70. The fourth-order valence-electron chi connectivity index (χ4n) is 2.56. The fourth-order valence-corrected chi connectivity index (χ4v) is 3.75. The maximum absolute atomic E-state index is 10.9. The van der Waals surface area contributed by atoms with Gasteiger partial charge in [-0.25, -0.2) is 0 Å². The third kappa shape index (κ3) is 5.26. The molecule has 0 saturated carbocycles. The van der Waals surface area contributed by atoms with E-state index in [2.05, 4.69) is 6.07 Å². The van der Waals surface area contributed by atoms with E-state index >= 15 is 0 Å². The zero-order chi connectivity index (χ0) is 20.1. The Balaban J connectivity index is 2.46. The van der Waals surface area contributed by atoms with Crippen LogP contribution in [0.5, 0.6) is 5.75 Å². The summed E-state index contributed by atoms with van der Waals surface area (Å²) in [4.78, 5) is 10.4. The molecule has 2 aromatic carbocycles. The van der Waals surface area contributed by atoms with Crippen LogP contribution < -0.4 is 4.74 Å². The molecule has 140 valence electrons. The molecule has 6 nitrogen and oxygen atoms in total. The van der Waals surface area contributed by atoms with Gasteiger partial charge in [-0.2, -0.15) is 5.26 Å². The highest BCUT2D eigenvalue weighted by atomic mass is 28.4. The van der Waals surface area contributed by atoms with E-state index in [0.29, 0.717) is 5.56 Å². The maximum Gasteiger partial charge on any atom is 0.269 e. The molecule has 1 atom stereocenters. The van der Waals surface area contributed by atoms with Gasteiger partial charge in [0.2, 0.25) is 0 Å². The summed E-state index contributed by atoms with van der Waals surface area (Å²) in [7, 11) is -0.513. The van der Waals surface area contributed by atoms with Gasteiger partial charge in [-0.15, -0.1) is 0 Å². The average molecular weight is 382 g/mol. The van der Waals surface area contributed by atoms with Gasteiger partial charge < -0.3 is 9.16 Å². The first kappa shape index (κ1) is 20.4. The number of ether oxygens (including phenoxy) is 1. The number of methoxy groups -OCH3 is 1. The minimum atomic E-state index is -2.11. The topological polar surface area (TPSA) is 85.4 Å². The first-order valence-corrected chi connectivity index (χ1v) is 11.8. The first-order chi connectivity index (χ1) is 12.7. The van der Waals surface area contributed by atoms with Crippen LogP contribution in [0.15, 0.2) is 54.6 Å². The molecule has 7 heteroatoms. The molecule has 0 aliphatic heterocycles. The van der Waals surface area contributed by atoms with Gasteiger partial charge in [0.1, 0.15) is 11.8 Å². The van der Waals surface area contributed by atoms with Crippen LogP contribution in [0, 0.1) is 21.4 Å². The number of nitriles is 1. The summed E-state index contributed by atoms with van der Waals surface area (Å²) in [6, 6.07) is 15.6. The SMILES string of the molecule is COc1ccc(/C=C/C(C#N)(O[Si](C)(C)C)c2ccc([N+](=O)[O-])cc2)cc1. The Bertz CT molecular complexity index is 865. The van der Waals surface area contributed by atoms with Crippen LogP contribution in [-0.2, 0) is 10.0 Å². The molecule has 0 N–H and O–H groups in total. The number of nitro benzene ring substituents is 1. The highest BCUT2D eigenvalue weighted by Crippen LogP contribution is 2.32. The second-order valence-corrected chi connectivity index (χ2v) is 11.4. The molecule has 0 aromatic heterocycles. The molecule has 0 heterocycles. The summed E-state index contributed by atoms with van der Waals surface area (Å²) in [5.41, 5.74) is 0.0940. The number of hydrogen-bond acceptors (Lipinski definition) is 5. The van der Waals surface area contributed by atoms with Crippen molar-refractivity contribution in [2.45, 2.75) is 25.2 Å². The van der Waals surface area contributed by atoms with E-state index in [0.717, 1.165) is 11.3 Å². The van der Waals surface area contributed by atoms with Crippen molar-refractivity contribution < 1.29 is 14.1 Å². The molecule has 1 unspecified atom stereocenters. The summed E-state index contributed by atoms with van der Waals surface area (Å²) in [5, 5.41) is 20.9. The molecule has 0 aliphatic rings. The molecule has 0 aliphatic carbocycles. The lowest BCUT2D eigenvalue weighted by Gasteiger charge is -2.31. The van der Waals surface area contributed by atoms with E-state index in [1.165, 1.54) is 12.1 Å². The molecule has 0 amide bonds. The minimum Gasteiger partial charge on any atom is -0.497 e. The Kier molecular flexibility index (Phi) is 6.15. The Morgan fingerprint density at radius 2 is 1.70 bits per heavy atom. The Morgan fingerprint density at radius 3 is 2.15 bits per heavy atom. The average Bonchev–Trinajstić information content (AvgIpc) is 2.64. The van der Waals surface area contributed by atoms with Crippen molar-refractivity contribution in [2.24, 2.45) is 0 Å². The lowest BCUT2D eigenvalue weighted by molar-refractivity contribution is -0.384.